The minimum absolute atomic E-state index is 0.530. The second-order valence-electron chi connectivity index (χ2n) is 17.1. The van der Waals surface area contributed by atoms with Crippen LogP contribution in [0.1, 0.15) is 228 Å². The van der Waals surface area contributed by atoms with E-state index in [9.17, 15) is 0 Å². The van der Waals surface area contributed by atoms with Crippen LogP contribution in [-0.4, -0.2) is 35.2 Å². The number of rotatable bonds is 12. The second kappa shape index (κ2) is 17.1. The van der Waals surface area contributed by atoms with Gasteiger partial charge in [0, 0.05) is 0 Å². The van der Waals surface area contributed by atoms with Crippen molar-refractivity contribution in [2.45, 2.75) is 178 Å². The van der Waals surface area contributed by atoms with Crippen molar-refractivity contribution in [3.8, 4) is 0 Å². The molecule has 0 aromatic heterocycles. The Balaban J connectivity index is 2.81. The molecule has 0 aliphatic rings. The van der Waals surface area contributed by atoms with E-state index in [4.69, 9.17) is 0 Å². The molecule has 0 atom stereocenters. The molecule has 0 unspecified atom stereocenters. The Labute approximate surface area is 306 Å². The molecule has 0 amide bonds. The summed E-state index contributed by atoms with van der Waals surface area (Å²) in [6.07, 6.45) is 0. The number of benzene rings is 3. The van der Waals surface area contributed by atoms with E-state index >= 15 is 0 Å². The van der Waals surface area contributed by atoms with E-state index in [1.54, 1.807) is 33.4 Å². The summed E-state index contributed by atoms with van der Waals surface area (Å²) >= 11 is -4.18. The molecule has 0 aliphatic carbocycles. The van der Waals surface area contributed by atoms with Gasteiger partial charge in [0.15, 0.2) is 0 Å². The van der Waals surface area contributed by atoms with Crippen LogP contribution in [-0.2, 0) is 0 Å². The van der Waals surface area contributed by atoms with Gasteiger partial charge >= 0.3 is 309 Å². The fourth-order valence-corrected chi connectivity index (χ4v) is 70.5. The summed E-state index contributed by atoms with van der Waals surface area (Å²) in [5.41, 5.74) is 14.8. The molecule has 257 valence electrons. The van der Waals surface area contributed by atoms with Crippen molar-refractivity contribution in [1.82, 2.24) is 0 Å². The average Bonchev–Trinajstić information content (AvgIpc) is 2.97. The molecular formula is C45H69Pb2. The van der Waals surface area contributed by atoms with Crippen LogP contribution in [0.2, 0.25) is 0 Å². The standard InChI is InChI=1S/3C15H23.2Pb/c3*1-10(2)13-7-14(11(3)4)9-15(8-13)12(5)6;;/h3*7-8,10-12H,1-6H3;;. The monoisotopic (exact) mass is 1030 g/mol. The summed E-state index contributed by atoms with van der Waals surface area (Å²) in [4.78, 5) is 0. The van der Waals surface area contributed by atoms with Gasteiger partial charge in [-0.2, -0.15) is 0 Å². The zero-order valence-corrected chi connectivity index (χ0v) is 41.4. The zero-order chi connectivity index (χ0) is 35.7. The summed E-state index contributed by atoms with van der Waals surface area (Å²) in [6, 6.07) is 16.0. The molecule has 0 nitrogen and oxygen atoms in total. The van der Waals surface area contributed by atoms with Crippen LogP contribution in [0, 0.1) is 0 Å². The summed E-state index contributed by atoms with van der Waals surface area (Å²) in [6.45, 7) is 44.0. The first-order valence-electron chi connectivity index (χ1n) is 19.0. The van der Waals surface area contributed by atoms with Gasteiger partial charge in [-0.3, -0.25) is 0 Å². The van der Waals surface area contributed by atoms with Crippen LogP contribution in [0.5, 0.6) is 0 Å². The normalized spacial score (nSPS) is 12.5. The second-order valence-corrected chi connectivity index (χ2v) is 52.4. The van der Waals surface area contributed by atoms with Crippen molar-refractivity contribution in [1.29, 1.82) is 0 Å². The van der Waals surface area contributed by atoms with E-state index in [2.05, 4.69) is 161 Å². The zero-order valence-electron chi connectivity index (χ0n) is 33.7. The molecule has 0 saturated heterocycles. The van der Waals surface area contributed by atoms with Crippen molar-refractivity contribution in [2.24, 2.45) is 0 Å². The Bertz CT molecular complexity index is 1390. The molecule has 0 spiro atoms. The molecule has 2 heteroatoms. The predicted molar refractivity (Wildman–Crippen MR) is 217 cm³/mol. The molecule has 0 fully saturated rings. The fourth-order valence-electron chi connectivity index (χ4n) is 6.96. The summed E-state index contributed by atoms with van der Waals surface area (Å²) in [5.74, 6) is 4.86. The Morgan fingerprint density at radius 1 is 0.319 bits per heavy atom. The van der Waals surface area contributed by atoms with Gasteiger partial charge in [-0.25, -0.2) is 0 Å². The van der Waals surface area contributed by atoms with Crippen LogP contribution in [0.25, 0.3) is 0 Å². The van der Waals surface area contributed by atoms with Gasteiger partial charge in [-0.15, -0.1) is 0 Å². The Morgan fingerprint density at radius 3 is 0.723 bits per heavy atom. The van der Waals surface area contributed by atoms with Gasteiger partial charge in [-0.05, 0) is 0 Å². The molecule has 47 heavy (non-hydrogen) atoms. The van der Waals surface area contributed by atoms with E-state index in [0.717, 1.165) is 0 Å². The maximum atomic E-state index is 2.67. The number of hydrogen-bond donors (Lipinski definition) is 0. The predicted octanol–water partition coefficient (Wildman–Crippen LogP) is 11.9. The van der Waals surface area contributed by atoms with Crippen LogP contribution in [0.3, 0.4) is 0 Å². The first kappa shape index (κ1) is 40.9. The molecule has 3 aromatic rings. The van der Waals surface area contributed by atoms with E-state index in [1.807, 2.05) is 9.37 Å². The van der Waals surface area contributed by atoms with Gasteiger partial charge in [0.2, 0.25) is 0 Å². The van der Waals surface area contributed by atoms with Crippen LogP contribution < -0.4 is 9.37 Å². The van der Waals surface area contributed by atoms with Crippen molar-refractivity contribution in [3.05, 3.63) is 86.5 Å². The molecule has 0 bridgehead atoms. The first-order chi connectivity index (χ1) is 21.8. The molecule has 0 aliphatic heterocycles. The first-order valence-corrected chi connectivity index (χ1v) is 43.8. The molecule has 0 N–H and O–H groups in total. The van der Waals surface area contributed by atoms with Gasteiger partial charge in [0.05, 0.1) is 0 Å². The van der Waals surface area contributed by atoms with E-state index in [0.29, 0.717) is 53.3 Å². The molecule has 3 aromatic carbocycles. The molecular weight excluding hydrogens is 955 g/mol. The van der Waals surface area contributed by atoms with Crippen molar-refractivity contribution in [2.75, 3.05) is 0 Å². The third-order valence-corrected chi connectivity index (χ3v) is 56.8. The number of hydrogen-bond acceptors (Lipinski definition) is 0. The van der Waals surface area contributed by atoms with Gasteiger partial charge in [-0.1, -0.05) is 0 Å². The van der Waals surface area contributed by atoms with Crippen LogP contribution >= 0.6 is 0 Å². The third-order valence-electron chi connectivity index (χ3n) is 10.1. The van der Waals surface area contributed by atoms with Crippen LogP contribution in [0.15, 0.2) is 36.4 Å². The minimum atomic E-state index is -2.78. The van der Waals surface area contributed by atoms with Crippen molar-refractivity contribution >= 4 is 44.5 Å². The topological polar surface area (TPSA) is 0 Å². The molecule has 3 rings (SSSR count). The van der Waals surface area contributed by atoms with Crippen molar-refractivity contribution in [3.63, 3.8) is 0 Å². The third kappa shape index (κ3) is 9.44. The Hall–Kier alpha value is -0.496. The van der Waals surface area contributed by atoms with E-state index in [-0.39, 0.29) is 0 Å². The SMILES string of the molecule is CC(C)c1cc(C(C)C)[c]([Pb]=[Pb]([c]2c(C(C)C)cc(C(C)C)cc2C(C)C)[c]2c(C(C)C)cc(C(C)C)cc2C(C)C)c(C(C)C)c1. The van der Waals surface area contributed by atoms with E-state index < -0.39 is 35.2 Å². The van der Waals surface area contributed by atoms with Crippen LogP contribution in [0.4, 0.5) is 0 Å². The summed E-state index contributed by atoms with van der Waals surface area (Å²) < 4.78 is 5.70. The fraction of sp³-hybridized carbons (Fsp3) is 0.600. The van der Waals surface area contributed by atoms with E-state index in [1.165, 1.54) is 16.7 Å². The Kier molecular flexibility index (Phi) is 14.9. The van der Waals surface area contributed by atoms with Crippen molar-refractivity contribution < 1.29 is 0 Å². The average molecular weight is 1020 g/mol. The molecule has 0 heterocycles. The quantitative estimate of drug-likeness (QED) is 0.159. The van der Waals surface area contributed by atoms with Gasteiger partial charge in [0.1, 0.15) is 0 Å². The van der Waals surface area contributed by atoms with Gasteiger partial charge < -0.3 is 0 Å². The summed E-state index contributed by atoms with van der Waals surface area (Å²) in [5, 5.41) is 0. The van der Waals surface area contributed by atoms with Gasteiger partial charge in [0.25, 0.3) is 0 Å². The Morgan fingerprint density at radius 2 is 0.532 bits per heavy atom. The maximum absolute atomic E-state index is 2.78. The molecule has 1 radical (unpaired) electrons. The molecule has 0 saturated carbocycles. The summed E-state index contributed by atoms with van der Waals surface area (Å²) in [7, 11) is 0.